The van der Waals surface area contributed by atoms with Crippen LogP contribution in [0.25, 0.3) is 11.1 Å². The molecule has 0 amide bonds. The molecule has 0 spiro atoms. The van der Waals surface area contributed by atoms with Crippen molar-refractivity contribution in [2.24, 2.45) is 5.92 Å². The number of benzene rings is 3. The molecule has 0 aliphatic heterocycles. The Hall–Kier alpha value is -3.60. The first-order valence-corrected chi connectivity index (χ1v) is 15.3. The Morgan fingerprint density at radius 1 is 0.707 bits per heavy atom. The van der Waals surface area contributed by atoms with E-state index in [1.807, 2.05) is 31.2 Å². The van der Waals surface area contributed by atoms with Crippen LogP contribution in [0.4, 0.5) is 0 Å². The highest BCUT2D eigenvalue weighted by molar-refractivity contribution is 5.89. The SMILES string of the molecule is CCCCCCCCCOc1ccc(-c2ccc(CCC(=O)Oc3ccc(C(=O)OCC(C)CC)cc3)cc2)cc1. The number of carbonyl (C=O) groups excluding carboxylic acids is 2. The van der Waals surface area contributed by atoms with Gasteiger partial charge < -0.3 is 14.2 Å². The van der Waals surface area contributed by atoms with Crippen molar-refractivity contribution in [3.63, 3.8) is 0 Å². The molecule has 1 unspecified atom stereocenters. The second-order valence-electron chi connectivity index (χ2n) is 10.8. The Labute approximate surface area is 246 Å². The summed E-state index contributed by atoms with van der Waals surface area (Å²) in [4.78, 5) is 24.5. The highest BCUT2D eigenvalue weighted by Crippen LogP contribution is 2.24. The van der Waals surface area contributed by atoms with Gasteiger partial charge in [-0.25, -0.2) is 4.79 Å². The first-order valence-electron chi connectivity index (χ1n) is 15.3. The molecule has 0 aliphatic rings. The molecule has 0 heterocycles. The minimum absolute atomic E-state index is 0.267. The lowest BCUT2D eigenvalue weighted by atomic mass is 10.0. The monoisotopic (exact) mass is 558 g/mol. The highest BCUT2D eigenvalue weighted by Gasteiger charge is 2.11. The maximum Gasteiger partial charge on any atom is 0.338 e. The van der Waals surface area contributed by atoms with Crippen LogP contribution in [0, 0.1) is 5.92 Å². The lowest BCUT2D eigenvalue weighted by Gasteiger charge is -2.10. The molecule has 0 bridgehead atoms. The maximum atomic E-state index is 12.4. The van der Waals surface area contributed by atoms with Crippen LogP contribution in [0.15, 0.2) is 72.8 Å². The Morgan fingerprint density at radius 3 is 1.93 bits per heavy atom. The third-order valence-corrected chi connectivity index (χ3v) is 7.29. The van der Waals surface area contributed by atoms with Crippen molar-refractivity contribution in [1.82, 2.24) is 0 Å². The van der Waals surface area contributed by atoms with E-state index in [1.165, 1.54) is 38.5 Å². The van der Waals surface area contributed by atoms with E-state index in [0.717, 1.165) is 41.9 Å². The van der Waals surface area contributed by atoms with Crippen molar-refractivity contribution in [3.05, 3.63) is 83.9 Å². The van der Waals surface area contributed by atoms with Crippen molar-refractivity contribution >= 4 is 11.9 Å². The summed E-state index contributed by atoms with van der Waals surface area (Å²) in [5.74, 6) is 0.971. The number of hydrogen-bond donors (Lipinski definition) is 0. The molecule has 0 saturated carbocycles. The van der Waals surface area contributed by atoms with E-state index in [9.17, 15) is 9.59 Å². The number of ether oxygens (including phenoxy) is 3. The van der Waals surface area contributed by atoms with E-state index in [0.29, 0.717) is 30.3 Å². The summed E-state index contributed by atoms with van der Waals surface area (Å²) in [5.41, 5.74) is 3.77. The summed E-state index contributed by atoms with van der Waals surface area (Å²) in [7, 11) is 0. The van der Waals surface area contributed by atoms with Crippen LogP contribution in [0.1, 0.15) is 94.5 Å². The van der Waals surface area contributed by atoms with Gasteiger partial charge in [-0.05, 0) is 71.8 Å². The van der Waals surface area contributed by atoms with E-state index >= 15 is 0 Å². The minimum atomic E-state index is -0.366. The molecule has 220 valence electrons. The molecule has 41 heavy (non-hydrogen) atoms. The molecular weight excluding hydrogens is 512 g/mol. The summed E-state index contributed by atoms with van der Waals surface area (Å²) in [6.07, 6.45) is 10.8. The quantitative estimate of drug-likeness (QED) is 0.0884. The van der Waals surface area contributed by atoms with Crippen molar-refractivity contribution in [2.75, 3.05) is 13.2 Å². The molecule has 0 N–H and O–H groups in total. The largest absolute Gasteiger partial charge is 0.494 e. The van der Waals surface area contributed by atoms with Crippen molar-refractivity contribution in [3.8, 4) is 22.6 Å². The van der Waals surface area contributed by atoms with Gasteiger partial charge in [-0.2, -0.15) is 0 Å². The molecule has 0 saturated heterocycles. The van der Waals surface area contributed by atoms with Gasteiger partial charge in [-0.1, -0.05) is 102 Å². The van der Waals surface area contributed by atoms with E-state index < -0.39 is 0 Å². The third kappa shape index (κ3) is 11.8. The zero-order chi connectivity index (χ0) is 29.3. The van der Waals surface area contributed by atoms with Gasteiger partial charge in [0.1, 0.15) is 11.5 Å². The van der Waals surface area contributed by atoms with Crippen molar-refractivity contribution in [1.29, 1.82) is 0 Å². The van der Waals surface area contributed by atoms with Gasteiger partial charge in [0.15, 0.2) is 0 Å². The predicted octanol–water partition coefficient (Wildman–Crippen LogP) is 9.22. The molecule has 0 aliphatic carbocycles. The highest BCUT2D eigenvalue weighted by atomic mass is 16.5. The molecule has 3 aromatic carbocycles. The van der Waals surface area contributed by atoms with Gasteiger partial charge in [0.05, 0.1) is 18.8 Å². The van der Waals surface area contributed by atoms with Crippen LogP contribution in [0.3, 0.4) is 0 Å². The van der Waals surface area contributed by atoms with Crippen molar-refractivity contribution in [2.45, 2.75) is 85.0 Å². The van der Waals surface area contributed by atoms with Gasteiger partial charge in [0, 0.05) is 6.42 Å². The molecule has 3 rings (SSSR count). The van der Waals surface area contributed by atoms with Crippen LogP contribution in [0.5, 0.6) is 11.5 Å². The van der Waals surface area contributed by atoms with Crippen LogP contribution >= 0.6 is 0 Å². The number of aryl methyl sites for hydroxylation is 1. The zero-order valence-corrected chi connectivity index (χ0v) is 25.0. The van der Waals surface area contributed by atoms with Crippen LogP contribution < -0.4 is 9.47 Å². The first-order chi connectivity index (χ1) is 20.0. The standard InChI is InChI=1S/C36H46O5/c1-4-6-7-8-9-10-11-26-39-33-21-17-31(18-22-33)30-15-12-29(13-16-30)14-25-35(37)41-34-23-19-32(20-24-34)36(38)40-27-28(3)5-2/h12-13,15-24,28H,4-11,14,25-27H2,1-3H3. The molecular formula is C36H46O5. The van der Waals surface area contributed by atoms with Gasteiger partial charge in [-0.15, -0.1) is 0 Å². The second-order valence-corrected chi connectivity index (χ2v) is 10.8. The van der Waals surface area contributed by atoms with Crippen LogP contribution in [-0.2, 0) is 16.0 Å². The summed E-state index contributed by atoms with van der Waals surface area (Å²) < 4.78 is 16.7. The topological polar surface area (TPSA) is 61.8 Å². The normalized spacial score (nSPS) is 11.6. The Morgan fingerprint density at radius 2 is 1.29 bits per heavy atom. The molecule has 0 radical (unpaired) electrons. The van der Waals surface area contributed by atoms with E-state index in [4.69, 9.17) is 14.2 Å². The average Bonchev–Trinajstić information content (AvgIpc) is 3.01. The number of rotatable bonds is 18. The molecule has 0 aromatic heterocycles. The lowest BCUT2D eigenvalue weighted by molar-refractivity contribution is -0.134. The summed E-state index contributed by atoms with van der Waals surface area (Å²) in [6, 6.07) is 23.0. The second kappa shape index (κ2) is 18.0. The van der Waals surface area contributed by atoms with Crippen LogP contribution in [-0.4, -0.2) is 25.2 Å². The predicted molar refractivity (Wildman–Crippen MR) is 166 cm³/mol. The molecule has 5 nitrogen and oxygen atoms in total. The molecule has 0 fully saturated rings. The van der Waals surface area contributed by atoms with Crippen LogP contribution in [0.2, 0.25) is 0 Å². The van der Waals surface area contributed by atoms with Gasteiger partial charge >= 0.3 is 11.9 Å². The Bertz CT molecular complexity index is 1170. The smallest absolute Gasteiger partial charge is 0.338 e. The fourth-order valence-corrected chi connectivity index (χ4v) is 4.36. The van der Waals surface area contributed by atoms with E-state index in [1.54, 1.807) is 24.3 Å². The minimum Gasteiger partial charge on any atom is -0.494 e. The average molecular weight is 559 g/mol. The van der Waals surface area contributed by atoms with Gasteiger partial charge in [0.25, 0.3) is 0 Å². The molecule has 3 aromatic rings. The Kier molecular flexibility index (Phi) is 14.0. The summed E-state index contributed by atoms with van der Waals surface area (Å²) in [5, 5.41) is 0. The van der Waals surface area contributed by atoms with Gasteiger partial charge in [-0.3, -0.25) is 4.79 Å². The number of unbranched alkanes of at least 4 members (excludes halogenated alkanes) is 6. The number of carbonyl (C=O) groups is 2. The lowest BCUT2D eigenvalue weighted by Crippen LogP contribution is -2.12. The fourth-order valence-electron chi connectivity index (χ4n) is 4.36. The third-order valence-electron chi connectivity index (χ3n) is 7.29. The Balaban J connectivity index is 1.37. The number of esters is 2. The van der Waals surface area contributed by atoms with E-state index in [-0.39, 0.29) is 18.4 Å². The molecule has 1 atom stereocenters. The first kappa shape index (κ1) is 31.9. The zero-order valence-electron chi connectivity index (χ0n) is 25.0. The van der Waals surface area contributed by atoms with E-state index in [2.05, 4.69) is 38.1 Å². The summed E-state index contributed by atoms with van der Waals surface area (Å²) in [6.45, 7) is 7.51. The number of hydrogen-bond acceptors (Lipinski definition) is 5. The summed E-state index contributed by atoms with van der Waals surface area (Å²) >= 11 is 0. The fraction of sp³-hybridized carbons (Fsp3) is 0.444. The molecule has 5 heteroatoms. The maximum absolute atomic E-state index is 12.4. The van der Waals surface area contributed by atoms with Crippen molar-refractivity contribution < 1.29 is 23.8 Å². The van der Waals surface area contributed by atoms with Gasteiger partial charge in [0.2, 0.25) is 0 Å².